The fourth-order valence-corrected chi connectivity index (χ4v) is 2.53. The predicted octanol–water partition coefficient (Wildman–Crippen LogP) is 3.25. The summed E-state index contributed by atoms with van der Waals surface area (Å²) in [6, 6.07) is -0.424. The molecule has 1 unspecified atom stereocenters. The first kappa shape index (κ1) is 16.6. The highest BCUT2D eigenvalue weighted by molar-refractivity contribution is 9.10. The summed E-state index contributed by atoms with van der Waals surface area (Å²) in [5.74, 6) is -0.932. The Kier molecular flexibility index (Phi) is 4.86. The van der Waals surface area contributed by atoms with Gasteiger partial charge in [-0.15, -0.1) is 0 Å². The first-order valence-electron chi connectivity index (χ1n) is 5.60. The summed E-state index contributed by atoms with van der Waals surface area (Å²) < 4.78 is 44.8. The number of nitrogens with zero attached hydrogens (tertiary/aromatic N) is 2. The van der Waals surface area contributed by atoms with Gasteiger partial charge in [-0.2, -0.15) is 18.4 Å². The average molecular weight is 353 g/mol. The molecule has 20 heavy (non-hydrogen) atoms. The van der Waals surface area contributed by atoms with Gasteiger partial charge in [0.2, 0.25) is 0 Å². The number of halogens is 4. The van der Waals surface area contributed by atoms with Crippen molar-refractivity contribution in [2.45, 2.75) is 26.1 Å². The summed E-state index contributed by atoms with van der Waals surface area (Å²) in [6.45, 7) is 2.71. The second-order valence-electron chi connectivity index (χ2n) is 4.44. The van der Waals surface area contributed by atoms with Gasteiger partial charge >= 0.3 is 6.18 Å². The van der Waals surface area contributed by atoms with Gasteiger partial charge < -0.3 is 9.30 Å². The molecule has 0 radical (unpaired) electrons. The van der Waals surface area contributed by atoms with Crippen LogP contribution in [0, 0.1) is 17.2 Å². The third-order valence-corrected chi connectivity index (χ3v) is 3.29. The highest BCUT2D eigenvalue weighted by Crippen LogP contribution is 2.37. The fourth-order valence-electron chi connectivity index (χ4n) is 1.95. The number of pyridine rings is 1. The molecule has 0 spiro atoms. The monoisotopic (exact) mass is 352 g/mol. The van der Waals surface area contributed by atoms with E-state index in [1.165, 1.54) is 21.0 Å². The van der Waals surface area contributed by atoms with Crippen molar-refractivity contribution in [3.05, 3.63) is 26.6 Å². The molecule has 1 aromatic heterocycles. The van der Waals surface area contributed by atoms with Crippen molar-refractivity contribution in [2.75, 3.05) is 7.11 Å². The molecule has 0 saturated heterocycles. The van der Waals surface area contributed by atoms with Gasteiger partial charge in [0.1, 0.15) is 12.1 Å². The van der Waals surface area contributed by atoms with Gasteiger partial charge in [0.25, 0.3) is 5.56 Å². The Hall–Kier alpha value is -1.49. The molecule has 1 atom stereocenters. The maximum absolute atomic E-state index is 13.1. The lowest BCUT2D eigenvalue weighted by Crippen LogP contribution is -2.38. The standard InChI is InChI=1S/C12H12BrF3N2O2/c1-6(2)10(12(14,15)16)18-5-8(13)9(20-3)7(4-17)11(18)19/h5-6,10H,1-3H3. The molecule has 110 valence electrons. The maximum atomic E-state index is 13.1. The van der Waals surface area contributed by atoms with E-state index in [0.717, 1.165) is 6.20 Å². The van der Waals surface area contributed by atoms with Gasteiger partial charge in [-0.1, -0.05) is 13.8 Å². The van der Waals surface area contributed by atoms with Gasteiger partial charge in [0, 0.05) is 6.20 Å². The van der Waals surface area contributed by atoms with Gasteiger partial charge in [0.15, 0.2) is 11.3 Å². The Morgan fingerprint density at radius 1 is 1.45 bits per heavy atom. The normalized spacial score (nSPS) is 13.2. The van der Waals surface area contributed by atoms with Crippen LogP contribution < -0.4 is 10.3 Å². The molecule has 0 aliphatic rings. The van der Waals surface area contributed by atoms with Crippen LogP contribution in [0.1, 0.15) is 25.5 Å². The van der Waals surface area contributed by atoms with Crippen LogP contribution in [0.2, 0.25) is 0 Å². The Balaban J connectivity index is 3.67. The zero-order valence-electron chi connectivity index (χ0n) is 11.0. The predicted molar refractivity (Wildman–Crippen MR) is 69.6 cm³/mol. The number of methoxy groups -OCH3 is 1. The number of ether oxygens (including phenoxy) is 1. The Labute approximate surface area is 121 Å². The van der Waals surface area contributed by atoms with Crippen LogP contribution in [0.15, 0.2) is 15.5 Å². The molecular weight excluding hydrogens is 341 g/mol. The minimum Gasteiger partial charge on any atom is -0.494 e. The molecule has 0 aromatic carbocycles. The summed E-state index contributed by atoms with van der Waals surface area (Å²) >= 11 is 3.01. The highest BCUT2D eigenvalue weighted by atomic mass is 79.9. The van der Waals surface area contributed by atoms with Crippen molar-refractivity contribution in [3.8, 4) is 11.8 Å². The number of alkyl halides is 3. The van der Waals surface area contributed by atoms with Crippen LogP contribution in [-0.2, 0) is 0 Å². The van der Waals surface area contributed by atoms with Crippen LogP contribution >= 0.6 is 15.9 Å². The Morgan fingerprint density at radius 2 is 2.00 bits per heavy atom. The van der Waals surface area contributed by atoms with Crippen molar-refractivity contribution < 1.29 is 17.9 Å². The molecule has 0 bridgehead atoms. The van der Waals surface area contributed by atoms with E-state index in [1.807, 2.05) is 0 Å². The molecule has 0 aliphatic carbocycles. The smallest absolute Gasteiger partial charge is 0.409 e. The SMILES string of the molecule is COc1c(Br)cn(C(C(C)C)C(F)(F)F)c(=O)c1C#N. The quantitative estimate of drug-likeness (QED) is 0.838. The molecule has 0 fully saturated rings. The first-order valence-corrected chi connectivity index (χ1v) is 6.39. The van der Waals surface area contributed by atoms with E-state index in [9.17, 15) is 18.0 Å². The van der Waals surface area contributed by atoms with E-state index in [1.54, 1.807) is 6.07 Å². The van der Waals surface area contributed by atoms with Crippen molar-refractivity contribution in [1.29, 1.82) is 5.26 Å². The minimum atomic E-state index is -4.60. The summed E-state index contributed by atoms with van der Waals surface area (Å²) in [7, 11) is 1.23. The van der Waals surface area contributed by atoms with Gasteiger partial charge in [0.05, 0.1) is 11.6 Å². The number of nitriles is 1. The van der Waals surface area contributed by atoms with Crippen LogP contribution in [0.5, 0.6) is 5.75 Å². The number of hydrogen-bond acceptors (Lipinski definition) is 3. The van der Waals surface area contributed by atoms with E-state index in [0.29, 0.717) is 4.57 Å². The molecule has 0 amide bonds. The number of aromatic nitrogens is 1. The van der Waals surface area contributed by atoms with Gasteiger partial charge in [-0.25, -0.2) is 0 Å². The summed E-state index contributed by atoms with van der Waals surface area (Å²) in [5.41, 5.74) is -1.49. The van der Waals surface area contributed by atoms with E-state index >= 15 is 0 Å². The highest BCUT2D eigenvalue weighted by Gasteiger charge is 2.44. The average Bonchev–Trinajstić information content (AvgIpc) is 2.30. The maximum Gasteiger partial charge on any atom is 0.409 e. The topological polar surface area (TPSA) is 55.0 Å². The van der Waals surface area contributed by atoms with E-state index in [2.05, 4.69) is 15.9 Å². The van der Waals surface area contributed by atoms with Crippen molar-refractivity contribution in [1.82, 2.24) is 4.57 Å². The van der Waals surface area contributed by atoms with Crippen LogP contribution in [0.4, 0.5) is 13.2 Å². The molecule has 8 heteroatoms. The second kappa shape index (κ2) is 5.87. The van der Waals surface area contributed by atoms with Crippen molar-refractivity contribution in [3.63, 3.8) is 0 Å². The molecule has 0 aliphatic heterocycles. The van der Waals surface area contributed by atoms with Crippen molar-refractivity contribution in [2.24, 2.45) is 5.92 Å². The van der Waals surface area contributed by atoms with E-state index in [-0.39, 0.29) is 10.2 Å². The van der Waals surface area contributed by atoms with Crippen LogP contribution in [-0.4, -0.2) is 17.9 Å². The fraction of sp³-hybridized carbons (Fsp3) is 0.500. The van der Waals surface area contributed by atoms with E-state index in [4.69, 9.17) is 10.00 Å². The molecular formula is C12H12BrF3N2O2. The summed E-state index contributed by atoms with van der Waals surface area (Å²) in [5, 5.41) is 8.96. The number of hydrogen-bond donors (Lipinski definition) is 0. The molecule has 0 saturated carbocycles. The number of rotatable bonds is 3. The molecule has 0 N–H and O–H groups in total. The Morgan fingerprint density at radius 3 is 2.35 bits per heavy atom. The van der Waals surface area contributed by atoms with Crippen LogP contribution in [0.25, 0.3) is 0 Å². The molecule has 1 rings (SSSR count). The summed E-state index contributed by atoms with van der Waals surface area (Å²) in [6.07, 6.45) is -3.60. The molecule has 1 aromatic rings. The van der Waals surface area contributed by atoms with Gasteiger partial charge in [-0.05, 0) is 21.8 Å². The van der Waals surface area contributed by atoms with Gasteiger partial charge in [-0.3, -0.25) is 4.79 Å². The first-order chi connectivity index (χ1) is 9.15. The second-order valence-corrected chi connectivity index (χ2v) is 5.29. The Bertz CT molecular complexity index is 602. The third-order valence-electron chi connectivity index (χ3n) is 2.73. The largest absolute Gasteiger partial charge is 0.494 e. The third kappa shape index (κ3) is 2.98. The van der Waals surface area contributed by atoms with E-state index < -0.39 is 29.3 Å². The van der Waals surface area contributed by atoms with Crippen LogP contribution in [0.3, 0.4) is 0 Å². The summed E-state index contributed by atoms with van der Waals surface area (Å²) in [4.78, 5) is 12.1. The minimum absolute atomic E-state index is 0.0709. The lowest BCUT2D eigenvalue weighted by molar-refractivity contribution is -0.179. The zero-order valence-corrected chi connectivity index (χ0v) is 12.5. The lowest BCUT2D eigenvalue weighted by Gasteiger charge is -2.26. The van der Waals surface area contributed by atoms with Crippen molar-refractivity contribution >= 4 is 15.9 Å². The zero-order chi connectivity index (χ0) is 15.7. The lowest BCUT2D eigenvalue weighted by atomic mass is 10.0. The molecule has 1 heterocycles. The molecule has 4 nitrogen and oxygen atoms in total.